The molecule has 0 saturated carbocycles. The molecule has 0 radical (unpaired) electrons. The minimum Gasteiger partial charge on any atom is -0.477 e. The van der Waals surface area contributed by atoms with E-state index in [1.165, 1.54) is 0 Å². The first-order chi connectivity index (χ1) is 6.49. The maximum absolute atomic E-state index is 11.1. The van der Waals surface area contributed by atoms with Crippen LogP contribution < -0.4 is 0 Å². The molecule has 0 aromatic rings. The van der Waals surface area contributed by atoms with Crippen LogP contribution in [0.5, 0.6) is 0 Å². The van der Waals surface area contributed by atoms with Crippen molar-refractivity contribution in [1.82, 2.24) is 0 Å². The second-order valence-corrected chi connectivity index (χ2v) is 3.14. The van der Waals surface area contributed by atoms with Crippen molar-refractivity contribution < 1.29 is 19.4 Å². The van der Waals surface area contributed by atoms with Crippen LogP contribution in [0.2, 0.25) is 0 Å². The van der Waals surface area contributed by atoms with E-state index in [9.17, 15) is 9.59 Å². The third-order valence-electron chi connectivity index (χ3n) is 1.78. The summed E-state index contributed by atoms with van der Waals surface area (Å²) in [4.78, 5) is 21.4. The van der Waals surface area contributed by atoms with E-state index in [0.29, 0.717) is 0 Å². The molecule has 0 bridgehead atoms. The molecule has 0 aromatic heterocycles. The summed E-state index contributed by atoms with van der Waals surface area (Å²) in [7, 11) is 0. The van der Waals surface area contributed by atoms with E-state index in [0.717, 1.165) is 19.3 Å². The van der Waals surface area contributed by atoms with E-state index in [1.807, 2.05) is 6.92 Å². The van der Waals surface area contributed by atoms with Gasteiger partial charge in [-0.3, -0.25) is 0 Å². The average Bonchev–Trinajstić information content (AvgIpc) is 2.13. The van der Waals surface area contributed by atoms with Gasteiger partial charge in [-0.25, -0.2) is 9.59 Å². The highest BCUT2D eigenvalue weighted by Gasteiger charge is 2.18. The van der Waals surface area contributed by atoms with Gasteiger partial charge < -0.3 is 9.84 Å². The fraction of sp³-hybridized carbons (Fsp3) is 0.600. The van der Waals surface area contributed by atoms with Crippen LogP contribution in [0, 0.1) is 0 Å². The van der Waals surface area contributed by atoms with E-state index in [4.69, 9.17) is 9.84 Å². The van der Waals surface area contributed by atoms with Gasteiger partial charge in [0.25, 0.3) is 0 Å². The largest absolute Gasteiger partial charge is 0.477 e. The molecule has 0 aliphatic heterocycles. The molecular formula is C10H16O4. The molecule has 0 aliphatic rings. The Morgan fingerprint density at radius 1 is 1.50 bits per heavy atom. The van der Waals surface area contributed by atoms with Crippen molar-refractivity contribution in [3.05, 3.63) is 12.2 Å². The lowest BCUT2D eigenvalue weighted by Gasteiger charge is -2.12. The summed E-state index contributed by atoms with van der Waals surface area (Å²) in [5, 5.41) is 8.44. The maximum Gasteiger partial charge on any atom is 0.345 e. The van der Waals surface area contributed by atoms with Gasteiger partial charge >= 0.3 is 11.9 Å². The molecule has 0 aromatic carbocycles. The lowest BCUT2D eigenvalue weighted by molar-refractivity contribution is -0.147. The number of carbonyl (C=O) groups excluding carboxylic acids is 1. The highest BCUT2D eigenvalue weighted by atomic mass is 16.5. The summed E-state index contributed by atoms with van der Waals surface area (Å²) in [5.41, 5.74) is -0.520. The second-order valence-electron chi connectivity index (χ2n) is 3.14. The van der Waals surface area contributed by atoms with Crippen molar-refractivity contribution >= 4 is 11.9 Å². The SMILES string of the molecule is C=C(C(=O)O)C(=O)OC(C)CCCC. The van der Waals surface area contributed by atoms with Gasteiger partial charge in [0.2, 0.25) is 0 Å². The first kappa shape index (κ1) is 12.7. The van der Waals surface area contributed by atoms with E-state index in [-0.39, 0.29) is 6.10 Å². The topological polar surface area (TPSA) is 63.6 Å². The van der Waals surface area contributed by atoms with Crippen LogP contribution in [-0.2, 0) is 14.3 Å². The number of rotatable bonds is 6. The number of carboxylic acid groups (broad SMARTS) is 1. The first-order valence-corrected chi connectivity index (χ1v) is 4.62. The third kappa shape index (κ3) is 4.64. The number of hydrogen-bond donors (Lipinski definition) is 1. The normalized spacial score (nSPS) is 11.9. The highest BCUT2D eigenvalue weighted by molar-refractivity contribution is 6.12. The van der Waals surface area contributed by atoms with Gasteiger partial charge in [0.1, 0.15) is 5.57 Å². The molecule has 0 rings (SSSR count). The highest BCUT2D eigenvalue weighted by Crippen LogP contribution is 2.06. The van der Waals surface area contributed by atoms with Crippen molar-refractivity contribution in [2.75, 3.05) is 0 Å². The van der Waals surface area contributed by atoms with Gasteiger partial charge in [0, 0.05) is 0 Å². The molecule has 4 heteroatoms. The Morgan fingerprint density at radius 2 is 2.07 bits per heavy atom. The van der Waals surface area contributed by atoms with Crippen LogP contribution in [-0.4, -0.2) is 23.1 Å². The number of aliphatic carboxylic acids is 1. The zero-order valence-corrected chi connectivity index (χ0v) is 8.58. The number of carbonyl (C=O) groups is 2. The summed E-state index contributed by atoms with van der Waals surface area (Å²) in [5.74, 6) is -2.18. The van der Waals surface area contributed by atoms with Crippen molar-refractivity contribution in [2.45, 2.75) is 39.2 Å². The van der Waals surface area contributed by atoms with Gasteiger partial charge in [-0.2, -0.15) is 0 Å². The molecule has 14 heavy (non-hydrogen) atoms. The van der Waals surface area contributed by atoms with Crippen molar-refractivity contribution in [3.63, 3.8) is 0 Å². The predicted molar refractivity (Wildman–Crippen MR) is 51.9 cm³/mol. The van der Waals surface area contributed by atoms with E-state index < -0.39 is 17.5 Å². The van der Waals surface area contributed by atoms with Crippen molar-refractivity contribution in [2.24, 2.45) is 0 Å². The van der Waals surface area contributed by atoms with Crippen molar-refractivity contribution in [3.8, 4) is 0 Å². The molecule has 0 amide bonds. The predicted octanol–water partition coefficient (Wildman–Crippen LogP) is 1.75. The minimum absolute atomic E-state index is 0.251. The lowest BCUT2D eigenvalue weighted by atomic mass is 10.2. The van der Waals surface area contributed by atoms with Crippen LogP contribution in [0.4, 0.5) is 0 Å². The van der Waals surface area contributed by atoms with Crippen LogP contribution in [0.1, 0.15) is 33.1 Å². The average molecular weight is 200 g/mol. The number of unbranched alkanes of at least 4 members (excludes halogenated alkanes) is 1. The third-order valence-corrected chi connectivity index (χ3v) is 1.78. The standard InChI is InChI=1S/C10H16O4/c1-4-5-6-7(2)14-10(13)8(3)9(11)12/h7H,3-6H2,1-2H3,(H,11,12). The Bertz CT molecular complexity index is 232. The number of esters is 1. The first-order valence-electron chi connectivity index (χ1n) is 4.62. The lowest BCUT2D eigenvalue weighted by Crippen LogP contribution is -2.19. The zero-order valence-electron chi connectivity index (χ0n) is 8.58. The second kappa shape index (κ2) is 6.18. The van der Waals surface area contributed by atoms with Crippen LogP contribution in [0.25, 0.3) is 0 Å². The number of hydrogen-bond acceptors (Lipinski definition) is 3. The molecule has 4 nitrogen and oxygen atoms in total. The quantitative estimate of drug-likeness (QED) is 0.307. The van der Waals surface area contributed by atoms with E-state index >= 15 is 0 Å². The monoisotopic (exact) mass is 200 g/mol. The molecule has 0 saturated heterocycles. The van der Waals surface area contributed by atoms with E-state index in [1.54, 1.807) is 6.92 Å². The molecule has 1 atom stereocenters. The van der Waals surface area contributed by atoms with Crippen LogP contribution in [0.15, 0.2) is 12.2 Å². The molecule has 0 spiro atoms. The fourth-order valence-corrected chi connectivity index (χ4v) is 0.892. The number of ether oxygens (including phenoxy) is 1. The van der Waals surface area contributed by atoms with Gasteiger partial charge in [0.05, 0.1) is 6.10 Å². The van der Waals surface area contributed by atoms with Gasteiger partial charge in [-0.05, 0) is 13.3 Å². The Hall–Kier alpha value is -1.32. The van der Waals surface area contributed by atoms with Gasteiger partial charge in [0.15, 0.2) is 0 Å². The van der Waals surface area contributed by atoms with Crippen molar-refractivity contribution in [1.29, 1.82) is 0 Å². The van der Waals surface area contributed by atoms with Crippen LogP contribution >= 0.6 is 0 Å². The molecule has 0 heterocycles. The minimum atomic E-state index is -1.34. The molecule has 0 fully saturated rings. The molecule has 1 N–H and O–H groups in total. The number of carboxylic acids is 1. The van der Waals surface area contributed by atoms with Gasteiger partial charge in [-0.1, -0.05) is 26.3 Å². The Morgan fingerprint density at radius 3 is 2.50 bits per heavy atom. The van der Waals surface area contributed by atoms with Gasteiger partial charge in [-0.15, -0.1) is 0 Å². The smallest absolute Gasteiger partial charge is 0.345 e. The van der Waals surface area contributed by atoms with E-state index in [2.05, 4.69) is 6.58 Å². The summed E-state index contributed by atoms with van der Waals surface area (Å²) in [6, 6.07) is 0. The molecule has 80 valence electrons. The summed E-state index contributed by atoms with van der Waals surface area (Å²) in [6.45, 7) is 6.88. The zero-order chi connectivity index (χ0) is 11.1. The summed E-state index contributed by atoms with van der Waals surface area (Å²) in [6.07, 6.45) is 2.46. The summed E-state index contributed by atoms with van der Waals surface area (Å²) >= 11 is 0. The Labute approximate surface area is 83.6 Å². The summed E-state index contributed by atoms with van der Waals surface area (Å²) < 4.78 is 4.86. The maximum atomic E-state index is 11.1. The Balaban J connectivity index is 3.93. The Kier molecular flexibility index (Phi) is 5.60. The molecule has 1 unspecified atom stereocenters. The fourth-order valence-electron chi connectivity index (χ4n) is 0.892. The molecule has 0 aliphatic carbocycles. The molecular weight excluding hydrogens is 184 g/mol. The van der Waals surface area contributed by atoms with Crippen LogP contribution in [0.3, 0.4) is 0 Å².